The number of hydrogen-bond donors (Lipinski definition) is 1. The zero-order valence-corrected chi connectivity index (χ0v) is 20.3. The van der Waals surface area contributed by atoms with Gasteiger partial charge < -0.3 is 15.1 Å². The summed E-state index contributed by atoms with van der Waals surface area (Å²) < 4.78 is 38.6. The van der Waals surface area contributed by atoms with Gasteiger partial charge in [-0.15, -0.1) is 0 Å². The van der Waals surface area contributed by atoms with Crippen LogP contribution in [0.2, 0.25) is 0 Å². The Morgan fingerprint density at radius 3 is 2.14 bits per heavy atom. The second-order valence-electron chi connectivity index (χ2n) is 10.7. The van der Waals surface area contributed by atoms with Gasteiger partial charge in [0.25, 0.3) is 0 Å². The summed E-state index contributed by atoms with van der Waals surface area (Å²) in [5, 5.41) is 3.24. The lowest BCUT2D eigenvalue weighted by Crippen LogP contribution is -2.68. The maximum atomic E-state index is 13.1. The van der Waals surface area contributed by atoms with Crippen LogP contribution in [0.3, 0.4) is 0 Å². The third-order valence-corrected chi connectivity index (χ3v) is 7.77. The third kappa shape index (κ3) is 4.99. The molecule has 3 fully saturated rings. The molecule has 3 aliphatic rings. The number of nitrogens with zero attached hydrogens (tertiary/aromatic N) is 3. The fourth-order valence-corrected chi connectivity index (χ4v) is 6.25. The molecule has 0 radical (unpaired) electrons. The molecule has 0 aromatic heterocycles. The number of benzene rings is 2. The van der Waals surface area contributed by atoms with Crippen molar-refractivity contribution < 1.29 is 18.0 Å². The molecule has 0 unspecified atom stereocenters. The molecule has 2 aromatic rings. The topological polar surface area (TPSA) is 38.8 Å². The van der Waals surface area contributed by atoms with Crippen molar-refractivity contribution in [3.63, 3.8) is 0 Å². The molecule has 2 aromatic carbocycles. The summed E-state index contributed by atoms with van der Waals surface area (Å²) in [7, 11) is 0. The van der Waals surface area contributed by atoms with Crippen LogP contribution in [0.4, 0.5) is 23.7 Å². The Morgan fingerprint density at radius 2 is 1.57 bits per heavy atom. The second kappa shape index (κ2) is 9.04. The Morgan fingerprint density at radius 1 is 0.971 bits per heavy atom. The van der Waals surface area contributed by atoms with Crippen molar-refractivity contribution in [2.75, 3.05) is 31.1 Å². The highest BCUT2D eigenvalue weighted by Crippen LogP contribution is 2.48. The summed E-state index contributed by atoms with van der Waals surface area (Å²) in [5.74, 6) is 0. The summed E-state index contributed by atoms with van der Waals surface area (Å²) in [6, 6.07) is 15.9. The van der Waals surface area contributed by atoms with Gasteiger partial charge in [0.15, 0.2) is 0 Å². The van der Waals surface area contributed by atoms with E-state index in [4.69, 9.17) is 0 Å². The number of piperazine rings is 1. The van der Waals surface area contributed by atoms with Crippen LogP contribution in [0.25, 0.3) is 0 Å². The van der Waals surface area contributed by atoms with Crippen LogP contribution < -0.4 is 10.2 Å². The van der Waals surface area contributed by atoms with Crippen LogP contribution in [-0.4, -0.2) is 60.1 Å². The number of halogens is 3. The maximum Gasteiger partial charge on any atom is 0.416 e. The van der Waals surface area contributed by atoms with E-state index < -0.39 is 11.7 Å². The van der Waals surface area contributed by atoms with Gasteiger partial charge in [-0.3, -0.25) is 4.90 Å². The number of carbonyl (C=O) groups excluding carboxylic acids is 1. The fraction of sp³-hybridized carbons (Fsp3) is 0.519. The van der Waals surface area contributed by atoms with E-state index in [0.717, 1.165) is 50.3 Å². The van der Waals surface area contributed by atoms with Gasteiger partial charge in [0.05, 0.1) is 5.56 Å². The summed E-state index contributed by atoms with van der Waals surface area (Å²) >= 11 is 0. The van der Waals surface area contributed by atoms with E-state index in [1.807, 2.05) is 24.8 Å². The number of anilines is 1. The number of urea groups is 1. The molecule has 1 spiro atoms. The van der Waals surface area contributed by atoms with Crippen molar-refractivity contribution in [1.82, 2.24) is 15.1 Å². The van der Waals surface area contributed by atoms with E-state index in [1.54, 1.807) is 0 Å². The summed E-state index contributed by atoms with van der Waals surface area (Å²) in [5.41, 5.74) is 1.80. The Balaban J connectivity index is 1.09. The van der Waals surface area contributed by atoms with Gasteiger partial charge in [-0.05, 0) is 61.9 Å². The first-order valence-electron chi connectivity index (χ1n) is 12.4. The molecule has 5 nitrogen and oxygen atoms in total. The summed E-state index contributed by atoms with van der Waals surface area (Å²) in [6.07, 6.45) is -2.29. The van der Waals surface area contributed by atoms with E-state index in [1.165, 1.54) is 17.7 Å². The van der Waals surface area contributed by atoms with Crippen LogP contribution >= 0.6 is 0 Å². The van der Waals surface area contributed by atoms with Crippen molar-refractivity contribution in [2.24, 2.45) is 5.41 Å². The lowest BCUT2D eigenvalue weighted by molar-refractivity contribution is -0.137. The number of carbonyl (C=O) groups is 1. The van der Waals surface area contributed by atoms with Gasteiger partial charge in [-0.1, -0.05) is 30.3 Å². The fourth-order valence-electron chi connectivity index (χ4n) is 6.25. The average Bonchev–Trinajstić information content (AvgIpc) is 2.76. The van der Waals surface area contributed by atoms with Crippen molar-refractivity contribution in [1.29, 1.82) is 0 Å². The molecule has 1 saturated carbocycles. The zero-order chi connectivity index (χ0) is 24.8. The van der Waals surface area contributed by atoms with Gasteiger partial charge in [-0.25, -0.2) is 4.79 Å². The summed E-state index contributed by atoms with van der Waals surface area (Å²) in [4.78, 5) is 19.5. The van der Waals surface area contributed by atoms with Crippen molar-refractivity contribution in [2.45, 2.75) is 57.5 Å². The number of amides is 2. The quantitative estimate of drug-likeness (QED) is 0.663. The maximum absolute atomic E-state index is 13.1. The molecule has 5 rings (SSSR count). The van der Waals surface area contributed by atoms with Gasteiger partial charge in [0, 0.05) is 56.5 Å². The Hall–Kier alpha value is -2.74. The molecule has 2 amide bonds. The molecule has 35 heavy (non-hydrogen) atoms. The van der Waals surface area contributed by atoms with E-state index >= 15 is 0 Å². The molecule has 188 valence electrons. The lowest BCUT2D eigenvalue weighted by atomic mass is 9.60. The number of likely N-dealkylation sites (tertiary alicyclic amines) is 1. The molecular weight excluding hydrogens is 453 g/mol. The molecule has 2 atom stereocenters. The molecule has 1 aliphatic carbocycles. The summed E-state index contributed by atoms with van der Waals surface area (Å²) in [6.45, 7) is 8.35. The van der Waals surface area contributed by atoms with Crippen molar-refractivity contribution in [3.8, 4) is 0 Å². The SMILES string of the molecule is C[C@@H]1CN(c2ccc(C(F)(F)F)cc2)C[C@H](C)N1C(=O)NC1CC2(C1)CN(Cc1ccccc1)C2. The highest BCUT2D eigenvalue weighted by atomic mass is 19.4. The first kappa shape index (κ1) is 24.0. The first-order chi connectivity index (χ1) is 16.6. The molecule has 0 bridgehead atoms. The Labute approximate surface area is 204 Å². The average molecular weight is 487 g/mol. The second-order valence-corrected chi connectivity index (χ2v) is 10.7. The molecule has 2 saturated heterocycles. The Bertz CT molecular complexity index is 1020. The minimum Gasteiger partial charge on any atom is -0.367 e. The van der Waals surface area contributed by atoms with Crippen LogP contribution in [0, 0.1) is 5.41 Å². The van der Waals surface area contributed by atoms with E-state index in [2.05, 4.69) is 39.4 Å². The smallest absolute Gasteiger partial charge is 0.367 e. The van der Waals surface area contributed by atoms with E-state index in [-0.39, 0.29) is 24.2 Å². The van der Waals surface area contributed by atoms with Crippen LogP contribution in [0.1, 0.15) is 37.8 Å². The van der Waals surface area contributed by atoms with Gasteiger partial charge in [0.2, 0.25) is 0 Å². The van der Waals surface area contributed by atoms with Crippen LogP contribution in [-0.2, 0) is 12.7 Å². The monoisotopic (exact) mass is 486 g/mol. The highest BCUT2D eigenvalue weighted by molar-refractivity contribution is 5.76. The van der Waals surface area contributed by atoms with Gasteiger partial charge >= 0.3 is 12.2 Å². The van der Waals surface area contributed by atoms with E-state index in [9.17, 15) is 18.0 Å². The zero-order valence-electron chi connectivity index (χ0n) is 20.3. The third-order valence-electron chi connectivity index (χ3n) is 7.77. The van der Waals surface area contributed by atoms with Crippen LogP contribution in [0.15, 0.2) is 54.6 Å². The largest absolute Gasteiger partial charge is 0.416 e. The van der Waals surface area contributed by atoms with Crippen molar-refractivity contribution >= 4 is 11.7 Å². The predicted octanol–water partition coefficient (Wildman–Crippen LogP) is 4.98. The minimum absolute atomic E-state index is 0.0302. The molecule has 2 aliphatic heterocycles. The van der Waals surface area contributed by atoms with Crippen LogP contribution in [0.5, 0.6) is 0 Å². The predicted molar refractivity (Wildman–Crippen MR) is 130 cm³/mol. The standard InChI is InChI=1S/C27H33F3N4O/c1-19-14-33(24-10-8-22(9-11-24)27(28,29)30)15-20(2)34(19)25(35)31-23-12-26(13-23)17-32(18-26)16-21-6-4-3-5-7-21/h3-11,19-20,23H,12-18H2,1-2H3,(H,31,35)/t19-,20+. The van der Waals surface area contributed by atoms with E-state index in [0.29, 0.717) is 18.5 Å². The minimum atomic E-state index is -4.34. The number of hydrogen-bond acceptors (Lipinski definition) is 3. The molecule has 1 N–H and O–H groups in total. The highest BCUT2D eigenvalue weighted by Gasteiger charge is 2.52. The molecule has 8 heteroatoms. The molecular formula is C27H33F3N4O. The van der Waals surface area contributed by atoms with Gasteiger partial charge in [0.1, 0.15) is 0 Å². The normalized spacial score (nSPS) is 24.7. The number of nitrogens with one attached hydrogen (secondary N) is 1. The molecule has 2 heterocycles. The van der Waals surface area contributed by atoms with Gasteiger partial charge in [-0.2, -0.15) is 13.2 Å². The lowest BCUT2D eigenvalue weighted by Gasteiger charge is -2.59. The number of rotatable bonds is 4. The number of alkyl halides is 3. The Kier molecular flexibility index (Phi) is 6.20. The first-order valence-corrected chi connectivity index (χ1v) is 12.4. The van der Waals surface area contributed by atoms with Crippen molar-refractivity contribution in [3.05, 3.63) is 65.7 Å².